The van der Waals surface area contributed by atoms with E-state index in [2.05, 4.69) is 24.1 Å². The molecule has 0 radical (unpaired) electrons. The summed E-state index contributed by atoms with van der Waals surface area (Å²) in [6.45, 7) is 5.36. The fourth-order valence-corrected chi connectivity index (χ4v) is 2.85. The van der Waals surface area contributed by atoms with E-state index in [4.69, 9.17) is 0 Å². The third-order valence-corrected chi connectivity index (χ3v) is 3.68. The minimum absolute atomic E-state index is 0.165. The molecule has 1 N–H and O–H groups in total. The fraction of sp³-hybridized carbons (Fsp3) is 0.538. The van der Waals surface area contributed by atoms with Crippen LogP contribution in [0.2, 0.25) is 0 Å². The fourth-order valence-electron chi connectivity index (χ4n) is 2.85. The Hall–Kier alpha value is -1.25. The van der Waals surface area contributed by atoms with E-state index < -0.39 is 0 Å². The SMILES string of the molecule is CC(C)N1c2ccc(F)cc2NCC12CC2. The Balaban J connectivity index is 2.08. The van der Waals surface area contributed by atoms with E-state index >= 15 is 0 Å². The van der Waals surface area contributed by atoms with Crippen molar-refractivity contribution in [3.05, 3.63) is 24.0 Å². The molecule has 0 unspecified atom stereocenters. The first-order valence-corrected chi connectivity index (χ1v) is 5.95. The van der Waals surface area contributed by atoms with Gasteiger partial charge in [-0.05, 0) is 44.9 Å². The largest absolute Gasteiger partial charge is 0.381 e. The topological polar surface area (TPSA) is 15.3 Å². The van der Waals surface area contributed by atoms with E-state index in [1.165, 1.54) is 12.8 Å². The average molecular weight is 220 g/mol. The van der Waals surface area contributed by atoms with Crippen LogP contribution in [0.3, 0.4) is 0 Å². The van der Waals surface area contributed by atoms with Crippen molar-refractivity contribution in [2.75, 3.05) is 16.8 Å². The van der Waals surface area contributed by atoms with E-state index in [1.807, 2.05) is 6.07 Å². The number of rotatable bonds is 1. The van der Waals surface area contributed by atoms with Crippen molar-refractivity contribution in [3.8, 4) is 0 Å². The molecule has 0 saturated heterocycles. The maximum atomic E-state index is 13.2. The van der Waals surface area contributed by atoms with Crippen molar-refractivity contribution < 1.29 is 4.39 Å². The summed E-state index contributed by atoms with van der Waals surface area (Å²) >= 11 is 0. The second-order valence-corrected chi connectivity index (χ2v) is 5.20. The highest BCUT2D eigenvalue weighted by Gasteiger charge is 2.51. The molecule has 0 aromatic heterocycles. The number of nitrogens with zero attached hydrogens (tertiary/aromatic N) is 1. The molecule has 1 spiro atoms. The van der Waals surface area contributed by atoms with Crippen molar-refractivity contribution >= 4 is 11.4 Å². The summed E-state index contributed by atoms with van der Waals surface area (Å²) in [6.07, 6.45) is 2.49. The Kier molecular flexibility index (Phi) is 1.94. The Morgan fingerprint density at radius 1 is 1.38 bits per heavy atom. The summed E-state index contributed by atoms with van der Waals surface area (Å²) in [6, 6.07) is 5.52. The van der Waals surface area contributed by atoms with Crippen molar-refractivity contribution in [1.82, 2.24) is 0 Å². The van der Waals surface area contributed by atoms with Gasteiger partial charge in [0.1, 0.15) is 5.82 Å². The first kappa shape index (κ1) is 9.94. The highest BCUT2D eigenvalue weighted by atomic mass is 19.1. The molecule has 1 aliphatic carbocycles. The van der Waals surface area contributed by atoms with Gasteiger partial charge < -0.3 is 10.2 Å². The van der Waals surface area contributed by atoms with Crippen LogP contribution in [-0.2, 0) is 0 Å². The monoisotopic (exact) mass is 220 g/mol. The van der Waals surface area contributed by atoms with E-state index in [0.717, 1.165) is 17.9 Å². The van der Waals surface area contributed by atoms with Crippen LogP contribution >= 0.6 is 0 Å². The molecule has 16 heavy (non-hydrogen) atoms. The minimum Gasteiger partial charge on any atom is -0.381 e. The van der Waals surface area contributed by atoms with Crippen LogP contribution < -0.4 is 10.2 Å². The standard InChI is InChI=1S/C13H17FN2/c1-9(2)16-12-4-3-10(14)7-11(12)15-8-13(16)5-6-13/h3-4,7,9,15H,5-6,8H2,1-2H3. The molecule has 1 aliphatic heterocycles. The molecular weight excluding hydrogens is 203 g/mol. The zero-order valence-electron chi connectivity index (χ0n) is 9.76. The molecule has 2 aliphatic rings. The van der Waals surface area contributed by atoms with Crippen LogP contribution in [-0.4, -0.2) is 18.1 Å². The molecule has 1 aromatic rings. The molecule has 1 fully saturated rings. The Morgan fingerprint density at radius 2 is 2.12 bits per heavy atom. The van der Waals surface area contributed by atoms with Crippen molar-refractivity contribution in [1.29, 1.82) is 0 Å². The summed E-state index contributed by atoms with van der Waals surface area (Å²) in [7, 11) is 0. The van der Waals surface area contributed by atoms with Gasteiger partial charge in [0.2, 0.25) is 0 Å². The normalized spacial score (nSPS) is 20.9. The number of nitrogens with one attached hydrogen (secondary N) is 1. The molecule has 3 heteroatoms. The quantitative estimate of drug-likeness (QED) is 0.782. The van der Waals surface area contributed by atoms with Crippen molar-refractivity contribution in [2.24, 2.45) is 0 Å². The molecule has 0 atom stereocenters. The number of benzene rings is 1. The molecule has 1 saturated carbocycles. The zero-order valence-corrected chi connectivity index (χ0v) is 9.76. The molecule has 1 aromatic carbocycles. The molecule has 1 heterocycles. The van der Waals surface area contributed by atoms with Crippen LogP contribution in [0.1, 0.15) is 26.7 Å². The lowest BCUT2D eigenvalue weighted by Crippen LogP contribution is -2.49. The Morgan fingerprint density at radius 3 is 2.75 bits per heavy atom. The van der Waals surface area contributed by atoms with Gasteiger partial charge in [-0.15, -0.1) is 0 Å². The van der Waals surface area contributed by atoms with Crippen LogP contribution in [0.4, 0.5) is 15.8 Å². The number of anilines is 2. The van der Waals surface area contributed by atoms with Gasteiger partial charge in [0.25, 0.3) is 0 Å². The lowest BCUT2D eigenvalue weighted by Gasteiger charge is -2.43. The van der Waals surface area contributed by atoms with Crippen LogP contribution in [0.25, 0.3) is 0 Å². The Bertz CT molecular complexity index is 424. The Labute approximate surface area is 95.4 Å². The summed E-state index contributed by atoms with van der Waals surface area (Å²) in [5, 5.41) is 3.36. The molecule has 2 nitrogen and oxygen atoms in total. The van der Waals surface area contributed by atoms with Gasteiger partial charge in [-0.1, -0.05) is 0 Å². The molecule has 3 rings (SSSR count). The smallest absolute Gasteiger partial charge is 0.125 e. The lowest BCUT2D eigenvalue weighted by molar-refractivity contribution is 0.536. The lowest BCUT2D eigenvalue weighted by atomic mass is 10.0. The van der Waals surface area contributed by atoms with Gasteiger partial charge in [-0.3, -0.25) is 0 Å². The van der Waals surface area contributed by atoms with Crippen LogP contribution in [0, 0.1) is 5.82 Å². The predicted molar refractivity (Wildman–Crippen MR) is 64.5 cm³/mol. The van der Waals surface area contributed by atoms with E-state index in [1.54, 1.807) is 12.1 Å². The van der Waals surface area contributed by atoms with Crippen LogP contribution in [0.15, 0.2) is 18.2 Å². The third-order valence-electron chi connectivity index (χ3n) is 3.68. The van der Waals surface area contributed by atoms with E-state index in [9.17, 15) is 4.39 Å². The average Bonchev–Trinajstić information content (AvgIpc) is 2.98. The van der Waals surface area contributed by atoms with E-state index in [-0.39, 0.29) is 5.82 Å². The molecule has 0 amide bonds. The third kappa shape index (κ3) is 1.30. The minimum atomic E-state index is -0.165. The second kappa shape index (κ2) is 3.12. The number of hydrogen-bond donors (Lipinski definition) is 1. The second-order valence-electron chi connectivity index (χ2n) is 5.20. The molecular formula is C13H17FN2. The van der Waals surface area contributed by atoms with Gasteiger partial charge in [0, 0.05) is 12.6 Å². The molecule has 0 bridgehead atoms. The van der Waals surface area contributed by atoms with Gasteiger partial charge in [-0.25, -0.2) is 4.39 Å². The number of fused-ring (bicyclic) bond motifs is 1. The van der Waals surface area contributed by atoms with E-state index in [0.29, 0.717) is 11.6 Å². The maximum Gasteiger partial charge on any atom is 0.125 e. The van der Waals surface area contributed by atoms with Gasteiger partial charge in [-0.2, -0.15) is 0 Å². The highest BCUT2D eigenvalue weighted by Crippen LogP contribution is 2.50. The summed E-state index contributed by atoms with van der Waals surface area (Å²) in [4.78, 5) is 2.46. The zero-order chi connectivity index (χ0) is 11.3. The first-order chi connectivity index (χ1) is 7.62. The summed E-state index contributed by atoms with van der Waals surface area (Å²) in [5.41, 5.74) is 2.39. The maximum absolute atomic E-state index is 13.2. The summed E-state index contributed by atoms with van der Waals surface area (Å²) < 4.78 is 13.2. The number of hydrogen-bond acceptors (Lipinski definition) is 2. The van der Waals surface area contributed by atoms with Gasteiger partial charge >= 0.3 is 0 Å². The summed E-state index contributed by atoms with van der Waals surface area (Å²) in [5.74, 6) is -0.165. The first-order valence-electron chi connectivity index (χ1n) is 5.95. The highest BCUT2D eigenvalue weighted by molar-refractivity contribution is 5.75. The van der Waals surface area contributed by atoms with Crippen molar-refractivity contribution in [2.45, 2.75) is 38.3 Å². The predicted octanol–water partition coefficient (Wildman–Crippen LogP) is 3.00. The van der Waals surface area contributed by atoms with Crippen molar-refractivity contribution in [3.63, 3.8) is 0 Å². The van der Waals surface area contributed by atoms with Gasteiger partial charge in [0.15, 0.2) is 0 Å². The number of halogens is 1. The van der Waals surface area contributed by atoms with Gasteiger partial charge in [0.05, 0.1) is 16.9 Å². The molecule has 86 valence electrons. The van der Waals surface area contributed by atoms with Crippen LogP contribution in [0.5, 0.6) is 0 Å².